The van der Waals surface area contributed by atoms with Crippen molar-refractivity contribution in [2.75, 3.05) is 11.4 Å². The molecule has 6 heteroatoms. The van der Waals surface area contributed by atoms with E-state index in [-0.39, 0.29) is 12.0 Å². The maximum Gasteiger partial charge on any atom is 0.308 e. The zero-order chi connectivity index (χ0) is 11.0. The second-order valence-corrected chi connectivity index (χ2v) is 4.84. The molecule has 1 fully saturated rings. The lowest BCUT2D eigenvalue weighted by Gasteiger charge is -2.22. The van der Waals surface area contributed by atoms with E-state index >= 15 is 0 Å². The van der Waals surface area contributed by atoms with E-state index in [2.05, 4.69) is 4.98 Å². The maximum atomic E-state index is 10.9. The summed E-state index contributed by atoms with van der Waals surface area (Å²) in [5.74, 6) is -1.03. The van der Waals surface area contributed by atoms with Crippen LogP contribution in [0, 0.1) is 5.92 Å². The van der Waals surface area contributed by atoms with Gasteiger partial charge in [-0.25, -0.2) is 4.98 Å². The Morgan fingerprint density at radius 2 is 2.53 bits per heavy atom. The van der Waals surface area contributed by atoms with Gasteiger partial charge in [0.15, 0.2) is 5.13 Å². The molecule has 0 amide bonds. The van der Waals surface area contributed by atoms with Crippen molar-refractivity contribution in [3.8, 4) is 0 Å². The molecule has 1 N–H and O–H groups in total. The molecular weight excluding hydrogens is 236 g/mol. The lowest BCUT2D eigenvalue weighted by atomic mass is 10.0. The Morgan fingerprint density at radius 1 is 1.80 bits per heavy atom. The molecule has 0 bridgehead atoms. The number of anilines is 1. The Bertz CT molecular complexity index is 382. The van der Waals surface area contributed by atoms with Gasteiger partial charge in [-0.15, -0.1) is 11.3 Å². The van der Waals surface area contributed by atoms with Gasteiger partial charge in [-0.1, -0.05) is 11.6 Å². The van der Waals surface area contributed by atoms with Crippen molar-refractivity contribution in [3.05, 3.63) is 10.5 Å². The van der Waals surface area contributed by atoms with Gasteiger partial charge in [-0.05, 0) is 13.3 Å². The van der Waals surface area contributed by atoms with E-state index in [1.807, 2.05) is 11.8 Å². The van der Waals surface area contributed by atoms with E-state index in [0.717, 1.165) is 11.7 Å². The second kappa shape index (κ2) is 3.98. The zero-order valence-electron chi connectivity index (χ0n) is 8.18. The predicted molar refractivity (Wildman–Crippen MR) is 59.7 cm³/mol. The molecule has 0 radical (unpaired) electrons. The fraction of sp³-hybridized carbons (Fsp3) is 0.556. The van der Waals surface area contributed by atoms with E-state index in [4.69, 9.17) is 16.7 Å². The first-order valence-corrected chi connectivity index (χ1v) is 5.96. The van der Waals surface area contributed by atoms with Gasteiger partial charge >= 0.3 is 5.97 Å². The Morgan fingerprint density at radius 3 is 3.00 bits per heavy atom. The molecule has 0 saturated carbocycles. The fourth-order valence-electron chi connectivity index (χ4n) is 1.92. The molecule has 1 aliphatic heterocycles. The van der Waals surface area contributed by atoms with Crippen molar-refractivity contribution in [1.82, 2.24) is 4.98 Å². The largest absolute Gasteiger partial charge is 0.481 e. The number of hydrogen-bond donors (Lipinski definition) is 1. The number of aromatic nitrogens is 1. The Hall–Kier alpha value is -0.810. The monoisotopic (exact) mass is 246 g/mol. The number of halogens is 1. The molecule has 2 rings (SSSR count). The van der Waals surface area contributed by atoms with E-state index in [1.54, 1.807) is 5.38 Å². The van der Waals surface area contributed by atoms with Gasteiger partial charge in [0.05, 0.1) is 5.92 Å². The molecule has 0 spiro atoms. The number of nitrogens with zero attached hydrogens (tertiary/aromatic N) is 2. The van der Waals surface area contributed by atoms with E-state index in [9.17, 15) is 4.79 Å². The maximum absolute atomic E-state index is 10.9. The minimum Gasteiger partial charge on any atom is -0.481 e. The zero-order valence-corrected chi connectivity index (χ0v) is 9.75. The van der Waals surface area contributed by atoms with Crippen LogP contribution < -0.4 is 4.90 Å². The SMILES string of the molecule is CC1C(C(=O)O)CCN1c1nc(Cl)cs1. The van der Waals surface area contributed by atoms with Gasteiger partial charge in [0, 0.05) is 18.0 Å². The van der Waals surface area contributed by atoms with Gasteiger partial charge in [0.1, 0.15) is 5.15 Å². The highest BCUT2D eigenvalue weighted by atomic mass is 35.5. The Balaban J connectivity index is 2.16. The smallest absolute Gasteiger partial charge is 0.308 e. The highest BCUT2D eigenvalue weighted by Crippen LogP contribution is 2.32. The van der Waals surface area contributed by atoms with Crippen molar-refractivity contribution >= 4 is 34.0 Å². The molecule has 2 atom stereocenters. The molecule has 1 saturated heterocycles. The van der Waals surface area contributed by atoms with Gasteiger partial charge in [0.25, 0.3) is 0 Å². The number of aliphatic carboxylic acids is 1. The molecule has 15 heavy (non-hydrogen) atoms. The number of rotatable bonds is 2. The Kier molecular flexibility index (Phi) is 2.84. The minimum absolute atomic E-state index is 0.00952. The van der Waals surface area contributed by atoms with Crippen molar-refractivity contribution in [2.24, 2.45) is 5.92 Å². The van der Waals surface area contributed by atoms with Crippen molar-refractivity contribution in [3.63, 3.8) is 0 Å². The molecule has 0 aromatic carbocycles. The van der Waals surface area contributed by atoms with E-state index in [0.29, 0.717) is 11.6 Å². The predicted octanol–water partition coefficient (Wildman–Crippen LogP) is 2.10. The summed E-state index contributed by atoms with van der Waals surface area (Å²) < 4.78 is 0. The van der Waals surface area contributed by atoms with Crippen molar-refractivity contribution in [1.29, 1.82) is 0 Å². The molecule has 1 aliphatic rings. The third-order valence-electron chi connectivity index (χ3n) is 2.78. The first kappa shape index (κ1) is 10.7. The van der Waals surface area contributed by atoms with Crippen LogP contribution in [0.5, 0.6) is 0 Å². The molecule has 0 aliphatic carbocycles. The van der Waals surface area contributed by atoms with Crippen LogP contribution in [0.15, 0.2) is 5.38 Å². The van der Waals surface area contributed by atoms with Crippen molar-refractivity contribution in [2.45, 2.75) is 19.4 Å². The molecule has 1 aromatic heterocycles. The lowest BCUT2D eigenvalue weighted by Crippen LogP contribution is -2.32. The Labute approximate surface area is 96.5 Å². The topological polar surface area (TPSA) is 53.4 Å². The third-order valence-corrected chi connectivity index (χ3v) is 3.98. The fourth-order valence-corrected chi connectivity index (χ4v) is 2.98. The van der Waals surface area contributed by atoms with Crippen LogP contribution >= 0.6 is 22.9 Å². The van der Waals surface area contributed by atoms with Crippen LogP contribution in [0.4, 0.5) is 5.13 Å². The minimum atomic E-state index is -0.729. The van der Waals surface area contributed by atoms with Crippen LogP contribution in [0.2, 0.25) is 5.15 Å². The summed E-state index contributed by atoms with van der Waals surface area (Å²) in [7, 11) is 0. The van der Waals surface area contributed by atoms with E-state index < -0.39 is 5.97 Å². The quantitative estimate of drug-likeness (QED) is 0.868. The van der Waals surface area contributed by atoms with Gasteiger partial charge in [0.2, 0.25) is 0 Å². The summed E-state index contributed by atoms with van der Waals surface area (Å²) in [4.78, 5) is 17.1. The summed E-state index contributed by atoms with van der Waals surface area (Å²) in [6, 6.07) is -0.00952. The molecular formula is C9H11ClN2O2S. The van der Waals surface area contributed by atoms with Crippen LogP contribution in [0.3, 0.4) is 0 Å². The number of hydrogen-bond acceptors (Lipinski definition) is 4. The van der Waals surface area contributed by atoms with E-state index in [1.165, 1.54) is 11.3 Å². The number of carboxylic acid groups (broad SMARTS) is 1. The highest BCUT2D eigenvalue weighted by molar-refractivity contribution is 7.14. The van der Waals surface area contributed by atoms with Crippen LogP contribution in [0.25, 0.3) is 0 Å². The summed E-state index contributed by atoms with van der Waals surface area (Å²) in [5, 5.41) is 12.0. The number of thiazole rings is 1. The summed E-state index contributed by atoms with van der Waals surface area (Å²) in [6.45, 7) is 2.66. The standard InChI is InChI=1S/C9H11ClN2O2S/c1-5-6(8(13)14)2-3-12(5)9-11-7(10)4-15-9/h4-6H,2-3H2,1H3,(H,13,14). The molecule has 2 heterocycles. The summed E-state index contributed by atoms with van der Waals surface area (Å²) in [6.07, 6.45) is 0.674. The summed E-state index contributed by atoms with van der Waals surface area (Å²) in [5.41, 5.74) is 0. The number of carbonyl (C=O) groups is 1. The van der Waals surface area contributed by atoms with Crippen LogP contribution in [-0.2, 0) is 4.79 Å². The molecule has 4 nitrogen and oxygen atoms in total. The van der Waals surface area contributed by atoms with Gasteiger partial charge in [-0.3, -0.25) is 4.79 Å². The normalized spacial score (nSPS) is 25.9. The first-order chi connectivity index (χ1) is 7.09. The molecule has 82 valence electrons. The lowest BCUT2D eigenvalue weighted by molar-refractivity contribution is -0.141. The summed E-state index contributed by atoms with van der Waals surface area (Å²) >= 11 is 7.20. The average Bonchev–Trinajstić information content (AvgIpc) is 2.71. The highest BCUT2D eigenvalue weighted by Gasteiger charge is 2.36. The van der Waals surface area contributed by atoms with Crippen molar-refractivity contribution < 1.29 is 9.90 Å². The van der Waals surface area contributed by atoms with Crippen LogP contribution in [-0.4, -0.2) is 28.6 Å². The molecule has 2 unspecified atom stereocenters. The van der Waals surface area contributed by atoms with Gasteiger partial charge in [-0.2, -0.15) is 0 Å². The van der Waals surface area contributed by atoms with Gasteiger partial charge < -0.3 is 10.0 Å². The van der Waals surface area contributed by atoms with Crippen LogP contribution in [0.1, 0.15) is 13.3 Å². The third kappa shape index (κ3) is 1.94. The number of carboxylic acids is 1. The first-order valence-electron chi connectivity index (χ1n) is 4.70. The second-order valence-electron chi connectivity index (χ2n) is 3.62. The average molecular weight is 247 g/mol. The molecule has 1 aromatic rings.